The molecule has 0 bridgehead atoms. The van der Waals surface area contributed by atoms with Crippen molar-refractivity contribution in [2.75, 3.05) is 25.5 Å². The van der Waals surface area contributed by atoms with Crippen LogP contribution in [-0.2, 0) is 6.18 Å². The number of alkyl halides is 3. The first-order valence-corrected chi connectivity index (χ1v) is 10.6. The number of carbonyl (C=O) groups excluding carboxylic acids is 1. The zero-order chi connectivity index (χ0) is 23.8. The van der Waals surface area contributed by atoms with E-state index in [0.29, 0.717) is 30.6 Å². The Morgan fingerprint density at radius 2 is 2.00 bits per heavy atom. The highest BCUT2D eigenvalue weighted by Gasteiger charge is 2.52. The first-order chi connectivity index (χ1) is 15.6. The summed E-state index contributed by atoms with van der Waals surface area (Å²) < 4.78 is 53.0. The molecular formula is C24H24F4N4O. The Labute approximate surface area is 189 Å². The summed E-state index contributed by atoms with van der Waals surface area (Å²) in [4.78, 5) is 19.7. The van der Waals surface area contributed by atoms with Crippen LogP contribution in [0.25, 0.3) is 0 Å². The van der Waals surface area contributed by atoms with Crippen LogP contribution in [0.5, 0.6) is 0 Å². The van der Waals surface area contributed by atoms with Crippen LogP contribution in [0.3, 0.4) is 0 Å². The molecule has 1 fully saturated rings. The molecule has 1 unspecified atom stereocenters. The van der Waals surface area contributed by atoms with Crippen LogP contribution < -0.4 is 5.32 Å². The van der Waals surface area contributed by atoms with Gasteiger partial charge in [0.05, 0.1) is 11.0 Å². The number of Topliss-reactive ketones (excluding diaryl/α,β-unsaturated/α-hetero) is 1. The van der Waals surface area contributed by atoms with E-state index in [9.17, 15) is 22.4 Å². The summed E-state index contributed by atoms with van der Waals surface area (Å²) in [6, 6.07) is 7.53. The number of likely N-dealkylation sites (tertiary alicyclic amines) is 1. The molecule has 5 nitrogen and oxygen atoms in total. The highest BCUT2D eigenvalue weighted by molar-refractivity contribution is 6.01. The number of aromatic nitrogens is 1. The van der Waals surface area contributed by atoms with Crippen LogP contribution in [0.15, 0.2) is 53.9 Å². The second kappa shape index (κ2) is 8.70. The zero-order valence-corrected chi connectivity index (χ0v) is 18.0. The Morgan fingerprint density at radius 3 is 2.67 bits per heavy atom. The molecule has 174 valence electrons. The highest BCUT2D eigenvalue weighted by Crippen LogP contribution is 2.50. The number of nitrogens with zero attached hydrogens (tertiary/aromatic N) is 2. The van der Waals surface area contributed by atoms with Crippen molar-refractivity contribution < 1.29 is 22.4 Å². The smallest absolute Gasteiger partial charge is 0.359 e. The van der Waals surface area contributed by atoms with Crippen molar-refractivity contribution in [1.82, 2.24) is 9.88 Å². The third-order valence-electron chi connectivity index (χ3n) is 6.62. The summed E-state index contributed by atoms with van der Waals surface area (Å²) >= 11 is 0. The van der Waals surface area contributed by atoms with Gasteiger partial charge in [-0.2, -0.15) is 13.2 Å². The minimum Gasteiger partial charge on any atom is -0.359 e. The van der Waals surface area contributed by atoms with Gasteiger partial charge in [0.25, 0.3) is 0 Å². The van der Waals surface area contributed by atoms with Crippen molar-refractivity contribution in [3.05, 3.63) is 70.9 Å². The monoisotopic (exact) mass is 460 g/mol. The molecule has 2 aliphatic rings. The van der Waals surface area contributed by atoms with Crippen LogP contribution in [-0.4, -0.2) is 42.0 Å². The quantitative estimate of drug-likeness (QED) is 0.367. The normalized spacial score (nSPS) is 23.7. The van der Waals surface area contributed by atoms with Gasteiger partial charge in [0, 0.05) is 30.3 Å². The molecule has 1 aliphatic carbocycles. The number of allylic oxidation sites excluding steroid dienone is 2. The third-order valence-corrected chi connectivity index (χ3v) is 6.62. The van der Waals surface area contributed by atoms with Crippen molar-refractivity contribution in [2.24, 2.45) is 11.3 Å². The van der Waals surface area contributed by atoms with Crippen molar-refractivity contribution >= 4 is 17.7 Å². The molecule has 9 heteroatoms. The number of benzene rings is 1. The van der Waals surface area contributed by atoms with Gasteiger partial charge in [-0.1, -0.05) is 0 Å². The molecule has 2 aromatic rings. The standard InChI is InChI=1S/C24H24F4N4O/c1-32-9-7-16-10-20(31-19-4-2-18(25)3-5-19)15(13-29)12-23(16,14-32)22(33)21-11-17(6-8-30-21)24(26,27)28/h2-6,8,11,13,16,29,31H,7,9-10,12,14H2,1H3/t16?,23-/m0/s1. The molecule has 2 heterocycles. The predicted molar refractivity (Wildman–Crippen MR) is 117 cm³/mol. The SMILES string of the molecule is CN1CCC2CC(Nc3ccc(F)cc3)=C(C=N)C[C@]2(C(=O)c2cc(C(F)(F)F)ccn2)C1. The molecule has 1 aromatic carbocycles. The van der Waals surface area contributed by atoms with Crippen molar-refractivity contribution in [3.8, 4) is 0 Å². The lowest BCUT2D eigenvalue weighted by Gasteiger charge is -2.49. The van der Waals surface area contributed by atoms with Gasteiger partial charge in [-0.05, 0) is 80.7 Å². The Bertz CT molecular complexity index is 1100. The Balaban J connectivity index is 1.72. The van der Waals surface area contributed by atoms with E-state index in [1.54, 1.807) is 12.1 Å². The number of nitrogens with one attached hydrogen (secondary N) is 2. The topological polar surface area (TPSA) is 69.1 Å². The number of fused-ring (bicyclic) bond motifs is 1. The second-order valence-corrected chi connectivity index (χ2v) is 8.80. The zero-order valence-electron chi connectivity index (χ0n) is 18.0. The van der Waals surface area contributed by atoms with Gasteiger partial charge in [0.1, 0.15) is 11.5 Å². The van der Waals surface area contributed by atoms with E-state index in [1.165, 1.54) is 18.3 Å². The van der Waals surface area contributed by atoms with E-state index in [1.807, 2.05) is 11.9 Å². The Hall–Kier alpha value is -3.07. The van der Waals surface area contributed by atoms with Gasteiger partial charge in [-0.3, -0.25) is 9.78 Å². The van der Waals surface area contributed by atoms with E-state index in [4.69, 9.17) is 5.41 Å². The van der Waals surface area contributed by atoms with Gasteiger partial charge >= 0.3 is 6.18 Å². The number of ketones is 1. The molecule has 0 spiro atoms. The Kier molecular flexibility index (Phi) is 6.09. The van der Waals surface area contributed by atoms with E-state index < -0.39 is 22.9 Å². The van der Waals surface area contributed by atoms with E-state index >= 15 is 0 Å². The maximum atomic E-state index is 13.7. The first-order valence-electron chi connectivity index (χ1n) is 10.6. The molecule has 0 amide bonds. The number of hydrogen-bond acceptors (Lipinski definition) is 5. The summed E-state index contributed by atoms with van der Waals surface area (Å²) in [7, 11) is 1.88. The van der Waals surface area contributed by atoms with E-state index in [-0.39, 0.29) is 23.8 Å². The lowest BCUT2D eigenvalue weighted by molar-refractivity contribution is -0.137. The number of rotatable bonds is 5. The first kappa shape index (κ1) is 23.1. The number of pyridine rings is 1. The lowest BCUT2D eigenvalue weighted by Crippen LogP contribution is -2.54. The molecule has 1 aromatic heterocycles. The predicted octanol–water partition coefficient (Wildman–Crippen LogP) is 5.17. The molecule has 33 heavy (non-hydrogen) atoms. The minimum atomic E-state index is -4.57. The molecule has 0 radical (unpaired) electrons. The molecule has 0 saturated carbocycles. The fraction of sp³-hybridized carbons (Fsp3) is 0.375. The number of piperidine rings is 1. The molecular weight excluding hydrogens is 436 g/mol. The van der Waals surface area contributed by atoms with Gasteiger partial charge in [0.2, 0.25) is 0 Å². The van der Waals surface area contributed by atoms with E-state index in [0.717, 1.165) is 30.6 Å². The van der Waals surface area contributed by atoms with Crippen LogP contribution in [0.4, 0.5) is 23.2 Å². The van der Waals surface area contributed by atoms with Gasteiger partial charge in [0.15, 0.2) is 5.78 Å². The largest absolute Gasteiger partial charge is 0.416 e. The minimum absolute atomic E-state index is 0.135. The summed E-state index contributed by atoms with van der Waals surface area (Å²) in [6.45, 7) is 1.12. The maximum Gasteiger partial charge on any atom is 0.416 e. The average Bonchev–Trinajstić information content (AvgIpc) is 2.79. The van der Waals surface area contributed by atoms with Gasteiger partial charge in [-0.15, -0.1) is 0 Å². The van der Waals surface area contributed by atoms with Crippen LogP contribution >= 0.6 is 0 Å². The van der Waals surface area contributed by atoms with E-state index in [2.05, 4.69) is 10.3 Å². The summed E-state index contributed by atoms with van der Waals surface area (Å²) in [5, 5.41) is 11.2. The van der Waals surface area contributed by atoms with Crippen molar-refractivity contribution in [1.29, 1.82) is 5.41 Å². The second-order valence-electron chi connectivity index (χ2n) is 8.80. The number of anilines is 1. The number of hydrogen-bond donors (Lipinski definition) is 2. The lowest BCUT2D eigenvalue weighted by atomic mass is 9.59. The summed E-state index contributed by atoms with van der Waals surface area (Å²) in [5.41, 5.74) is -0.0556. The maximum absolute atomic E-state index is 13.7. The molecule has 1 aliphatic heterocycles. The van der Waals surface area contributed by atoms with Gasteiger partial charge < -0.3 is 15.6 Å². The van der Waals surface area contributed by atoms with Crippen molar-refractivity contribution in [3.63, 3.8) is 0 Å². The Morgan fingerprint density at radius 1 is 1.27 bits per heavy atom. The fourth-order valence-corrected chi connectivity index (χ4v) is 4.96. The number of carbonyl (C=O) groups is 1. The van der Waals surface area contributed by atoms with Crippen molar-refractivity contribution in [2.45, 2.75) is 25.4 Å². The summed E-state index contributed by atoms with van der Waals surface area (Å²) in [5.74, 6) is -0.923. The third kappa shape index (κ3) is 4.55. The highest BCUT2D eigenvalue weighted by atomic mass is 19.4. The average molecular weight is 460 g/mol. The molecule has 4 rings (SSSR count). The van der Waals surface area contributed by atoms with Gasteiger partial charge in [-0.25, -0.2) is 4.39 Å². The molecule has 2 atom stereocenters. The molecule has 1 saturated heterocycles. The van der Waals surface area contributed by atoms with Crippen LogP contribution in [0.2, 0.25) is 0 Å². The van der Waals surface area contributed by atoms with Crippen LogP contribution in [0.1, 0.15) is 35.3 Å². The summed E-state index contributed by atoms with van der Waals surface area (Å²) in [6.07, 6.45) is -1.01. The fourth-order valence-electron chi connectivity index (χ4n) is 4.96. The number of halogens is 4. The van der Waals surface area contributed by atoms with Crippen LogP contribution in [0, 0.1) is 22.6 Å². The molecule has 2 N–H and O–H groups in total.